The Labute approximate surface area is 112 Å². The lowest BCUT2D eigenvalue weighted by Crippen LogP contribution is -2.55. The van der Waals surface area contributed by atoms with Gasteiger partial charge in [0.25, 0.3) is 0 Å². The summed E-state index contributed by atoms with van der Waals surface area (Å²) >= 11 is 0. The van der Waals surface area contributed by atoms with E-state index in [9.17, 15) is 9.18 Å². The van der Waals surface area contributed by atoms with Crippen LogP contribution in [-0.2, 0) is 20.8 Å². The summed E-state index contributed by atoms with van der Waals surface area (Å²) in [5.41, 5.74) is 0.452. The van der Waals surface area contributed by atoms with Gasteiger partial charge in [0.05, 0.1) is 20.3 Å². The van der Waals surface area contributed by atoms with E-state index < -0.39 is 5.41 Å². The Morgan fingerprint density at radius 3 is 2.53 bits per heavy atom. The Balaban J connectivity index is 1.95. The molecule has 5 heteroatoms. The molecule has 0 N–H and O–H groups in total. The van der Waals surface area contributed by atoms with E-state index >= 15 is 0 Å². The normalized spacial score (nSPS) is 17.1. The van der Waals surface area contributed by atoms with Gasteiger partial charge in [-0.05, 0) is 24.7 Å². The third kappa shape index (κ3) is 3.11. The molecule has 1 aliphatic rings. The average Bonchev–Trinajstić information content (AvgIpc) is 2.36. The Kier molecular flexibility index (Phi) is 4.17. The number of benzene rings is 1. The molecular formula is C14H18FNO3. The molecule has 104 valence electrons. The molecular weight excluding hydrogens is 249 g/mol. The third-order valence-electron chi connectivity index (χ3n) is 3.31. The molecule has 1 aromatic rings. The molecule has 1 fully saturated rings. The van der Waals surface area contributed by atoms with Crippen LogP contribution in [0.5, 0.6) is 0 Å². The van der Waals surface area contributed by atoms with Crippen molar-refractivity contribution in [3.8, 4) is 0 Å². The van der Waals surface area contributed by atoms with Gasteiger partial charge in [0.1, 0.15) is 11.2 Å². The number of ether oxygens (including phenoxy) is 2. The molecule has 1 saturated heterocycles. The lowest BCUT2D eigenvalue weighted by atomic mass is 9.85. The summed E-state index contributed by atoms with van der Waals surface area (Å²) in [5.74, 6) is -0.477. The molecule has 4 nitrogen and oxygen atoms in total. The summed E-state index contributed by atoms with van der Waals surface area (Å²) < 4.78 is 22.8. The number of hydrogen-bond acceptors (Lipinski definition) is 4. The quantitative estimate of drug-likeness (QED) is 0.757. The molecule has 0 unspecified atom stereocenters. The van der Waals surface area contributed by atoms with Crippen LogP contribution in [-0.4, -0.2) is 44.8 Å². The van der Waals surface area contributed by atoms with Gasteiger partial charge in [-0.2, -0.15) is 0 Å². The second kappa shape index (κ2) is 5.67. The minimum atomic E-state index is -0.552. The molecule has 1 aliphatic heterocycles. The summed E-state index contributed by atoms with van der Waals surface area (Å²) in [6.45, 7) is 2.01. The number of carbonyl (C=O) groups is 1. The van der Waals surface area contributed by atoms with Crippen molar-refractivity contribution in [1.82, 2.24) is 4.90 Å². The van der Waals surface area contributed by atoms with E-state index in [4.69, 9.17) is 9.47 Å². The van der Waals surface area contributed by atoms with Gasteiger partial charge in [-0.15, -0.1) is 0 Å². The lowest BCUT2D eigenvalue weighted by molar-refractivity contribution is -0.186. The van der Waals surface area contributed by atoms with Gasteiger partial charge in [-0.1, -0.05) is 12.1 Å². The van der Waals surface area contributed by atoms with E-state index in [-0.39, 0.29) is 11.8 Å². The predicted molar refractivity (Wildman–Crippen MR) is 68.0 cm³/mol. The molecule has 0 bridgehead atoms. The second-order valence-corrected chi connectivity index (χ2v) is 5.06. The van der Waals surface area contributed by atoms with Gasteiger partial charge >= 0.3 is 5.97 Å². The van der Waals surface area contributed by atoms with Crippen LogP contribution in [0.2, 0.25) is 0 Å². The SMILES string of the molecule is COC(=O)C1(CN(C)Cc2ccc(F)cc2)COC1. The first-order valence-corrected chi connectivity index (χ1v) is 6.15. The Bertz CT molecular complexity index is 443. The maximum Gasteiger partial charge on any atom is 0.317 e. The van der Waals surface area contributed by atoms with E-state index in [1.807, 2.05) is 11.9 Å². The molecule has 0 aromatic heterocycles. The molecule has 19 heavy (non-hydrogen) atoms. The van der Waals surface area contributed by atoms with E-state index in [2.05, 4.69) is 0 Å². The number of carbonyl (C=O) groups excluding carboxylic acids is 1. The summed E-state index contributed by atoms with van der Waals surface area (Å²) in [6.07, 6.45) is 0. The summed E-state index contributed by atoms with van der Waals surface area (Å²) in [4.78, 5) is 13.8. The minimum Gasteiger partial charge on any atom is -0.468 e. The topological polar surface area (TPSA) is 38.8 Å². The average molecular weight is 267 g/mol. The first kappa shape index (κ1) is 14.0. The molecule has 0 aliphatic carbocycles. The zero-order valence-corrected chi connectivity index (χ0v) is 11.2. The van der Waals surface area contributed by atoms with Crippen molar-refractivity contribution in [3.05, 3.63) is 35.6 Å². The highest BCUT2D eigenvalue weighted by atomic mass is 19.1. The van der Waals surface area contributed by atoms with Crippen LogP contribution in [0.4, 0.5) is 4.39 Å². The fourth-order valence-electron chi connectivity index (χ4n) is 2.31. The molecule has 0 amide bonds. The maximum atomic E-state index is 12.8. The van der Waals surface area contributed by atoms with Crippen molar-refractivity contribution in [1.29, 1.82) is 0 Å². The molecule has 0 saturated carbocycles. The van der Waals surface area contributed by atoms with Crippen LogP contribution in [0.3, 0.4) is 0 Å². The first-order valence-electron chi connectivity index (χ1n) is 6.15. The fourth-order valence-corrected chi connectivity index (χ4v) is 2.31. The molecule has 0 atom stereocenters. The lowest BCUT2D eigenvalue weighted by Gasteiger charge is -2.40. The summed E-state index contributed by atoms with van der Waals surface area (Å²) in [5, 5.41) is 0. The van der Waals surface area contributed by atoms with Crippen molar-refractivity contribution in [2.45, 2.75) is 6.54 Å². The van der Waals surface area contributed by atoms with Gasteiger partial charge in [0.2, 0.25) is 0 Å². The van der Waals surface area contributed by atoms with Gasteiger partial charge in [0.15, 0.2) is 0 Å². The van der Waals surface area contributed by atoms with Crippen LogP contribution < -0.4 is 0 Å². The van der Waals surface area contributed by atoms with Gasteiger partial charge < -0.3 is 14.4 Å². The minimum absolute atomic E-state index is 0.232. The number of rotatable bonds is 5. The van der Waals surface area contributed by atoms with Crippen LogP contribution in [0, 0.1) is 11.2 Å². The van der Waals surface area contributed by atoms with Crippen LogP contribution in [0.15, 0.2) is 24.3 Å². The van der Waals surface area contributed by atoms with Crippen LogP contribution in [0.25, 0.3) is 0 Å². The van der Waals surface area contributed by atoms with Gasteiger partial charge in [-0.25, -0.2) is 4.39 Å². The highest BCUT2D eigenvalue weighted by Crippen LogP contribution is 2.30. The Morgan fingerprint density at radius 1 is 1.42 bits per heavy atom. The zero-order valence-electron chi connectivity index (χ0n) is 11.2. The first-order chi connectivity index (χ1) is 9.05. The maximum absolute atomic E-state index is 12.8. The number of esters is 1. The van der Waals surface area contributed by atoms with Crippen LogP contribution in [0.1, 0.15) is 5.56 Å². The summed E-state index contributed by atoms with van der Waals surface area (Å²) in [6, 6.07) is 6.36. The predicted octanol–water partition coefficient (Wildman–Crippen LogP) is 1.45. The van der Waals surface area contributed by atoms with Gasteiger partial charge in [-0.3, -0.25) is 4.79 Å². The number of methoxy groups -OCH3 is 1. The van der Waals surface area contributed by atoms with E-state index in [1.54, 1.807) is 12.1 Å². The van der Waals surface area contributed by atoms with Crippen molar-refractivity contribution in [2.24, 2.45) is 5.41 Å². The third-order valence-corrected chi connectivity index (χ3v) is 3.31. The largest absolute Gasteiger partial charge is 0.468 e. The number of hydrogen-bond donors (Lipinski definition) is 0. The van der Waals surface area contributed by atoms with Crippen LogP contribution >= 0.6 is 0 Å². The Morgan fingerprint density at radius 2 is 2.05 bits per heavy atom. The standard InChI is InChI=1S/C14H18FNO3/c1-16(7-11-3-5-12(15)6-4-11)8-14(9-19-10-14)13(17)18-2/h3-6H,7-10H2,1-2H3. The second-order valence-electron chi connectivity index (χ2n) is 5.06. The molecule has 1 aromatic carbocycles. The highest BCUT2D eigenvalue weighted by molar-refractivity contribution is 5.78. The molecule has 1 heterocycles. The molecule has 2 rings (SSSR count). The van der Waals surface area contributed by atoms with Crippen molar-refractivity contribution in [3.63, 3.8) is 0 Å². The summed E-state index contributed by atoms with van der Waals surface area (Å²) in [7, 11) is 3.31. The monoisotopic (exact) mass is 267 g/mol. The van der Waals surface area contributed by atoms with Gasteiger partial charge in [0, 0.05) is 13.1 Å². The number of halogens is 1. The number of nitrogens with zero attached hydrogens (tertiary/aromatic N) is 1. The van der Waals surface area contributed by atoms with Crippen molar-refractivity contribution < 1.29 is 18.7 Å². The highest BCUT2D eigenvalue weighted by Gasteiger charge is 2.47. The van der Waals surface area contributed by atoms with E-state index in [0.717, 1.165) is 5.56 Å². The van der Waals surface area contributed by atoms with Crippen molar-refractivity contribution >= 4 is 5.97 Å². The smallest absolute Gasteiger partial charge is 0.317 e. The fraction of sp³-hybridized carbons (Fsp3) is 0.500. The molecule has 0 radical (unpaired) electrons. The molecule has 0 spiro atoms. The van der Waals surface area contributed by atoms with Crippen molar-refractivity contribution in [2.75, 3.05) is 33.9 Å². The van der Waals surface area contributed by atoms with E-state index in [0.29, 0.717) is 26.3 Å². The zero-order chi connectivity index (χ0) is 13.9. The Hall–Kier alpha value is -1.46. The van der Waals surface area contributed by atoms with E-state index in [1.165, 1.54) is 19.2 Å².